The van der Waals surface area contributed by atoms with E-state index >= 15 is 0 Å². The third-order valence-electron chi connectivity index (χ3n) is 8.94. The molecule has 0 fully saturated rings. The van der Waals surface area contributed by atoms with Crippen molar-refractivity contribution in [1.29, 1.82) is 0 Å². The van der Waals surface area contributed by atoms with Crippen LogP contribution in [-0.2, 0) is 0 Å². The van der Waals surface area contributed by atoms with Gasteiger partial charge in [0, 0.05) is 51.4 Å². The Kier molecular flexibility index (Phi) is 8.21. The summed E-state index contributed by atoms with van der Waals surface area (Å²) in [6.45, 7) is 5.35. The van der Waals surface area contributed by atoms with Crippen molar-refractivity contribution < 1.29 is 10.2 Å². The van der Waals surface area contributed by atoms with Crippen LogP contribution in [0.3, 0.4) is 0 Å². The molecule has 0 aliphatic heterocycles. The molecule has 6 aromatic carbocycles. The minimum absolute atomic E-state index is 0.250. The van der Waals surface area contributed by atoms with Gasteiger partial charge in [-0.3, -0.25) is 9.49 Å². The molecule has 0 aliphatic rings. The number of aromatic hydroxyl groups is 2. The number of rotatable bonds is 8. The molecule has 0 bridgehead atoms. The van der Waals surface area contributed by atoms with E-state index in [4.69, 9.17) is 9.49 Å². The second-order valence-electron chi connectivity index (χ2n) is 12.3. The summed E-state index contributed by atoms with van der Waals surface area (Å²) in [5.41, 5.74) is 7.92. The Morgan fingerprint density at radius 1 is 0.490 bits per heavy atom. The van der Waals surface area contributed by atoms with Gasteiger partial charge in [0.05, 0.1) is 44.1 Å². The van der Waals surface area contributed by atoms with E-state index in [1.54, 1.807) is 0 Å². The van der Waals surface area contributed by atoms with Gasteiger partial charge in [0.25, 0.3) is 0 Å². The second-order valence-corrected chi connectivity index (χ2v) is 14.3. The zero-order valence-electron chi connectivity index (χ0n) is 27.2. The molecule has 0 aliphatic carbocycles. The van der Waals surface area contributed by atoms with E-state index in [-0.39, 0.29) is 11.5 Å². The Morgan fingerprint density at radius 3 is 1.16 bits per heavy atom. The molecule has 6 nitrogen and oxygen atoms in total. The van der Waals surface area contributed by atoms with Crippen LogP contribution in [0.25, 0.3) is 55.0 Å². The van der Waals surface area contributed by atoms with Gasteiger partial charge in [-0.2, -0.15) is 0 Å². The first-order chi connectivity index (χ1) is 24.0. The van der Waals surface area contributed by atoms with Gasteiger partial charge in [-0.05, 0) is 79.9 Å². The summed E-state index contributed by atoms with van der Waals surface area (Å²) in [5, 5.41) is 29.2. The summed E-state index contributed by atoms with van der Waals surface area (Å²) in [5.74, 6) is 0.499. The van der Waals surface area contributed by atoms with Crippen LogP contribution < -0.4 is 10.6 Å². The molecule has 8 rings (SSSR count). The lowest BCUT2D eigenvalue weighted by molar-refractivity contribution is 0.477. The number of hydrogen-bond donors (Lipinski definition) is 2. The number of fused-ring (bicyclic) bond motifs is 6. The highest BCUT2D eigenvalue weighted by Crippen LogP contribution is 2.37. The molecule has 0 unspecified atom stereocenters. The van der Waals surface area contributed by atoms with Crippen molar-refractivity contribution in [2.24, 2.45) is 9.49 Å². The van der Waals surface area contributed by atoms with Gasteiger partial charge in [-0.15, -0.1) is 0 Å². The third kappa shape index (κ3) is 5.57. The summed E-state index contributed by atoms with van der Waals surface area (Å²) in [7, 11) is 1.45. The molecule has 2 aromatic heterocycles. The van der Waals surface area contributed by atoms with E-state index in [0.717, 1.165) is 99.9 Å². The number of phenols is 2. The van der Waals surface area contributed by atoms with Gasteiger partial charge >= 0.3 is 0 Å². The lowest BCUT2D eigenvalue weighted by Crippen LogP contribution is -2.03. The van der Waals surface area contributed by atoms with Crippen molar-refractivity contribution in [3.63, 3.8) is 0 Å². The van der Waals surface area contributed by atoms with Crippen molar-refractivity contribution in [3.05, 3.63) is 132 Å². The molecule has 0 saturated heterocycles. The number of phenolic OH excluding ortho intramolecular Hbond substituents is 2. The number of aromatic nitrogens is 2. The Bertz CT molecular complexity index is 2310. The maximum atomic E-state index is 11.5. The van der Waals surface area contributed by atoms with E-state index in [1.165, 1.54) is 0 Å². The van der Waals surface area contributed by atoms with Crippen molar-refractivity contribution in [1.82, 2.24) is 9.13 Å². The minimum atomic E-state index is 0.250. The van der Waals surface area contributed by atoms with E-state index in [0.29, 0.717) is 13.1 Å². The fourth-order valence-electron chi connectivity index (χ4n) is 6.80. The fourth-order valence-corrected chi connectivity index (χ4v) is 8.53. The van der Waals surface area contributed by atoms with Crippen molar-refractivity contribution in [3.8, 4) is 22.9 Å². The van der Waals surface area contributed by atoms with Crippen molar-refractivity contribution in [2.45, 2.75) is 20.3 Å². The van der Waals surface area contributed by atoms with Gasteiger partial charge in [0.1, 0.15) is 0 Å². The molecule has 8 heteroatoms. The van der Waals surface area contributed by atoms with Crippen molar-refractivity contribution in [2.75, 3.05) is 13.1 Å². The predicted molar refractivity (Wildman–Crippen MR) is 207 cm³/mol. The monoisotopic (exact) mass is 676 g/mol. The molecule has 0 radical (unpaired) electrons. The van der Waals surface area contributed by atoms with Gasteiger partial charge < -0.3 is 19.3 Å². The molecule has 0 atom stereocenters. The highest BCUT2D eigenvalue weighted by Gasteiger charge is 2.18. The smallest absolute Gasteiger partial charge is 0.152 e. The van der Waals surface area contributed by atoms with Gasteiger partial charge in [-0.1, -0.05) is 72.8 Å². The number of nitrogens with zero attached hydrogens (tertiary/aromatic N) is 4. The van der Waals surface area contributed by atoms with Crippen LogP contribution in [0.5, 0.6) is 11.5 Å². The Morgan fingerprint density at radius 2 is 0.816 bits per heavy atom. The van der Waals surface area contributed by atoms with Crippen molar-refractivity contribution >= 4 is 71.0 Å². The summed E-state index contributed by atoms with van der Waals surface area (Å²) in [6, 6.07) is 41.4. The first-order valence-corrected chi connectivity index (χ1v) is 18.1. The number of benzene rings is 6. The van der Waals surface area contributed by atoms with E-state index in [2.05, 4.69) is 95.8 Å². The topological polar surface area (TPSA) is 75.0 Å². The molecule has 2 N–H and O–H groups in total. The molecule has 0 saturated carbocycles. The number of aryl methyl sites for hydroxylation is 2. The highest BCUT2D eigenvalue weighted by atomic mass is 31.1. The van der Waals surface area contributed by atoms with Crippen LogP contribution in [0.4, 0.5) is 0 Å². The Hall–Kier alpha value is -5.28. The standard InChI is InChI=1S/C41H34N4O2P2/c1-26-22-36(44-32-16-7-3-12-28(32)29-13-4-8-17-33(29)44)40(46)38(24-26)48-42-20-11-21-43-49-39-25-27(2)23-37(41(39)47)45-34-18-9-5-14-30(34)31-15-6-10-19-35(31)45/h3-10,12-19,22-25,46-47H,11,20-21H2,1-2H3. The van der Waals surface area contributed by atoms with Crippen LogP contribution in [0.1, 0.15) is 17.5 Å². The second kappa shape index (κ2) is 13.0. The zero-order valence-corrected chi connectivity index (χ0v) is 29.0. The lowest BCUT2D eigenvalue weighted by Gasteiger charge is -2.13. The summed E-state index contributed by atoms with van der Waals surface area (Å²) < 4.78 is 13.8. The van der Waals surface area contributed by atoms with Crippen LogP contribution >= 0.6 is 16.7 Å². The quantitative estimate of drug-likeness (QED) is 0.124. The Labute approximate surface area is 287 Å². The first-order valence-electron chi connectivity index (χ1n) is 16.4. The molecule has 240 valence electrons. The predicted octanol–water partition coefficient (Wildman–Crippen LogP) is 10.5. The summed E-state index contributed by atoms with van der Waals surface area (Å²) in [4.78, 5) is 0. The van der Waals surface area contributed by atoms with E-state index in [1.807, 2.05) is 48.5 Å². The highest BCUT2D eigenvalue weighted by molar-refractivity contribution is 7.37. The molecular weight excluding hydrogens is 642 g/mol. The average molecular weight is 677 g/mol. The molecule has 0 amide bonds. The first kappa shape index (κ1) is 31.0. The maximum Gasteiger partial charge on any atom is 0.152 e. The van der Waals surface area contributed by atoms with Crippen LogP contribution in [-0.4, -0.2) is 32.4 Å². The van der Waals surface area contributed by atoms with Gasteiger partial charge in [0.2, 0.25) is 0 Å². The van der Waals surface area contributed by atoms with E-state index in [9.17, 15) is 10.2 Å². The minimum Gasteiger partial charge on any atom is -0.505 e. The van der Waals surface area contributed by atoms with E-state index < -0.39 is 0 Å². The molecule has 0 spiro atoms. The Balaban J connectivity index is 1.01. The molecule has 49 heavy (non-hydrogen) atoms. The zero-order chi connectivity index (χ0) is 33.5. The fraction of sp³-hybridized carbons (Fsp3) is 0.122. The van der Waals surface area contributed by atoms with Gasteiger partial charge in [0.15, 0.2) is 11.5 Å². The normalized spacial score (nSPS) is 12.1. The summed E-state index contributed by atoms with van der Waals surface area (Å²) >= 11 is 0. The maximum absolute atomic E-state index is 11.5. The SMILES string of the molecule is Cc1cc(/P=N/CCC/N=P/c2cc(C)cc(-n3c4ccccc4c4ccccc43)c2O)c(O)c(-n2c3ccccc3c3ccccc32)c1. The average Bonchev–Trinajstić information content (AvgIpc) is 3.63. The van der Waals surface area contributed by atoms with Gasteiger partial charge in [-0.25, -0.2) is 0 Å². The van der Waals surface area contributed by atoms with Crippen LogP contribution in [0.15, 0.2) is 131 Å². The third-order valence-corrected chi connectivity index (χ3v) is 10.7. The lowest BCUT2D eigenvalue weighted by atomic mass is 10.2. The molecule has 2 heterocycles. The van der Waals surface area contributed by atoms with Crippen LogP contribution in [0.2, 0.25) is 0 Å². The number of para-hydroxylation sites is 4. The molecular formula is C41H34N4O2P2. The molecule has 8 aromatic rings. The summed E-state index contributed by atoms with van der Waals surface area (Å²) in [6.07, 6.45) is 0.776. The number of hydrogen-bond acceptors (Lipinski definition) is 4. The van der Waals surface area contributed by atoms with Crippen LogP contribution in [0, 0.1) is 13.8 Å². The largest absolute Gasteiger partial charge is 0.505 e.